The van der Waals surface area contributed by atoms with Gasteiger partial charge in [0.2, 0.25) is 0 Å². The van der Waals surface area contributed by atoms with E-state index in [2.05, 4.69) is 0 Å². The van der Waals surface area contributed by atoms with E-state index in [1.165, 1.54) is 0 Å². The van der Waals surface area contributed by atoms with Gasteiger partial charge in [-0.2, -0.15) is 0 Å². The Kier molecular flexibility index (Phi) is 5.85. The lowest BCUT2D eigenvalue weighted by molar-refractivity contribution is 0.536. The van der Waals surface area contributed by atoms with Crippen LogP contribution in [0, 0.1) is 6.92 Å². The van der Waals surface area contributed by atoms with Crippen LogP contribution >= 0.6 is 46.4 Å². The van der Waals surface area contributed by atoms with Gasteiger partial charge in [0.1, 0.15) is 0 Å². The Bertz CT molecular complexity index is 618. The van der Waals surface area contributed by atoms with Crippen LogP contribution in [0.4, 0.5) is 0 Å². The van der Waals surface area contributed by atoms with Gasteiger partial charge in [-0.3, -0.25) is 0 Å². The van der Waals surface area contributed by atoms with Crippen molar-refractivity contribution in [2.75, 3.05) is 11.8 Å². The van der Waals surface area contributed by atoms with Gasteiger partial charge in [0.25, 0.3) is 0 Å². The number of benzene rings is 2. The van der Waals surface area contributed by atoms with E-state index in [0.29, 0.717) is 23.2 Å². The van der Waals surface area contributed by atoms with Crippen LogP contribution in [0.15, 0.2) is 42.5 Å². The van der Waals surface area contributed by atoms with E-state index >= 15 is 0 Å². The molecule has 0 aliphatic rings. The fraction of sp³-hybridized carbons (Fsp3) is 0.294. The van der Waals surface area contributed by atoms with Crippen LogP contribution in [0.2, 0.25) is 10.0 Å². The zero-order valence-corrected chi connectivity index (χ0v) is 14.7. The van der Waals surface area contributed by atoms with Gasteiger partial charge in [0.15, 0.2) is 0 Å². The molecule has 2 aromatic rings. The first-order valence-electron chi connectivity index (χ1n) is 6.64. The van der Waals surface area contributed by atoms with E-state index in [1.807, 2.05) is 49.4 Å². The molecule has 0 nitrogen and oxygen atoms in total. The molecule has 4 heteroatoms. The molecule has 0 saturated heterocycles. The first-order chi connectivity index (χ1) is 10.0. The summed E-state index contributed by atoms with van der Waals surface area (Å²) in [5.41, 5.74) is 2.70. The highest BCUT2D eigenvalue weighted by atomic mass is 35.5. The summed E-state index contributed by atoms with van der Waals surface area (Å²) >= 11 is 25.3. The highest BCUT2D eigenvalue weighted by Crippen LogP contribution is 2.37. The van der Waals surface area contributed by atoms with Crippen molar-refractivity contribution in [3.8, 4) is 0 Å². The average molecular weight is 362 g/mol. The third kappa shape index (κ3) is 3.68. The fourth-order valence-electron chi connectivity index (χ4n) is 2.42. The molecule has 0 saturated carbocycles. The quantitative estimate of drug-likeness (QED) is 0.551. The largest absolute Gasteiger partial charge is 0.126 e. The molecule has 0 aromatic heterocycles. The second kappa shape index (κ2) is 7.24. The molecule has 0 aliphatic heterocycles. The second-order valence-corrected chi connectivity index (χ2v) is 6.65. The molecule has 21 heavy (non-hydrogen) atoms. The van der Waals surface area contributed by atoms with Gasteiger partial charge in [0, 0.05) is 27.2 Å². The van der Waals surface area contributed by atoms with Gasteiger partial charge in [-0.15, -0.1) is 23.2 Å². The molecule has 0 N–H and O–H groups in total. The van der Waals surface area contributed by atoms with Crippen molar-refractivity contribution in [3.05, 3.63) is 69.2 Å². The smallest absolute Gasteiger partial charge is 0.0444 e. The summed E-state index contributed by atoms with van der Waals surface area (Å²) in [6, 6.07) is 13.7. The maximum Gasteiger partial charge on any atom is 0.0444 e. The van der Waals surface area contributed by atoms with Crippen LogP contribution in [0.1, 0.15) is 16.7 Å². The van der Waals surface area contributed by atoms with Crippen LogP contribution in [0.5, 0.6) is 0 Å². The van der Waals surface area contributed by atoms with Gasteiger partial charge in [-0.1, -0.05) is 53.5 Å². The maximum atomic E-state index is 6.36. The monoisotopic (exact) mass is 360 g/mol. The highest BCUT2D eigenvalue weighted by molar-refractivity contribution is 6.32. The van der Waals surface area contributed by atoms with Crippen LogP contribution in [0.3, 0.4) is 0 Å². The number of aryl methyl sites for hydroxylation is 1. The number of hydrogen-bond acceptors (Lipinski definition) is 0. The van der Waals surface area contributed by atoms with E-state index in [4.69, 9.17) is 46.4 Å². The van der Waals surface area contributed by atoms with Gasteiger partial charge < -0.3 is 0 Å². The van der Waals surface area contributed by atoms with Crippen LogP contribution in [-0.2, 0) is 11.8 Å². The number of rotatable bonds is 5. The minimum Gasteiger partial charge on any atom is -0.126 e. The highest BCUT2D eigenvalue weighted by Gasteiger charge is 2.33. The van der Waals surface area contributed by atoms with E-state index in [9.17, 15) is 0 Å². The van der Waals surface area contributed by atoms with Crippen molar-refractivity contribution < 1.29 is 0 Å². The Morgan fingerprint density at radius 3 is 2.14 bits per heavy atom. The van der Waals surface area contributed by atoms with Gasteiger partial charge >= 0.3 is 0 Å². The van der Waals surface area contributed by atoms with E-state index in [1.54, 1.807) is 0 Å². The average Bonchev–Trinajstić information content (AvgIpc) is 2.48. The Morgan fingerprint density at radius 2 is 1.57 bits per heavy atom. The van der Waals surface area contributed by atoms with Crippen LogP contribution in [-0.4, -0.2) is 11.8 Å². The van der Waals surface area contributed by atoms with Crippen molar-refractivity contribution in [1.82, 2.24) is 0 Å². The first-order valence-corrected chi connectivity index (χ1v) is 8.47. The predicted molar refractivity (Wildman–Crippen MR) is 94.5 cm³/mol. The van der Waals surface area contributed by atoms with Crippen molar-refractivity contribution >= 4 is 46.4 Å². The number of alkyl halides is 2. The van der Waals surface area contributed by atoms with E-state index in [-0.39, 0.29) is 0 Å². The molecule has 0 fully saturated rings. The lowest BCUT2D eigenvalue weighted by atomic mass is 9.78. The third-order valence-electron chi connectivity index (χ3n) is 3.69. The summed E-state index contributed by atoms with van der Waals surface area (Å²) in [6.45, 7) is 2.01. The lowest BCUT2D eigenvalue weighted by Gasteiger charge is -2.31. The van der Waals surface area contributed by atoms with Crippen molar-refractivity contribution in [3.63, 3.8) is 0 Å². The molecule has 0 heterocycles. The van der Waals surface area contributed by atoms with Gasteiger partial charge in [-0.05, 0) is 42.2 Å². The van der Waals surface area contributed by atoms with Crippen LogP contribution < -0.4 is 0 Å². The van der Waals surface area contributed by atoms with Crippen molar-refractivity contribution in [2.45, 2.75) is 18.8 Å². The fourth-order valence-corrected chi connectivity index (χ4v) is 3.82. The molecule has 2 rings (SSSR count). The van der Waals surface area contributed by atoms with Crippen molar-refractivity contribution in [2.24, 2.45) is 0 Å². The summed E-state index contributed by atoms with van der Waals surface area (Å²) in [6.07, 6.45) is 0.656. The predicted octanol–water partition coefficient (Wildman–Crippen LogP) is 6.26. The van der Waals surface area contributed by atoms with Gasteiger partial charge in [0.05, 0.1) is 0 Å². The third-order valence-corrected chi connectivity index (χ3v) is 5.40. The maximum absolute atomic E-state index is 6.36. The van der Waals surface area contributed by atoms with E-state index in [0.717, 1.165) is 21.7 Å². The Morgan fingerprint density at radius 1 is 0.905 bits per heavy atom. The topological polar surface area (TPSA) is 0 Å². The Balaban J connectivity index is 2.46. The molecular formula is C17H16Cl4. The standard InChI is InChI=1S/C17H16Cl4/c1-12-6-7-13(16(21)8-12)9-17(10-18,11-19)14-4-2-3-5-15(14)20/h2-8H,9-11H2,1H3. The molecule has 112 valence electrons. The Labute approximate surface area is 146 Å². The summed E-state index contributed by atoms with van der Waals surface area (Å²) in [7, 11) is 0. The minimum atomic E-state index is -0.430. The zero-order chi connectivity index (χ0) is 15.5. The molecule has 0 spiro atoms. The summed E-state index contributed by atoms with van der Waals surface area (Å²) in [4.78, 5) is 0. The summed E-state index contributed by atoms with van der Waals surface area (Å²) < 4.78 is 0. The SMILES string of the molecule is Cc1ccc(CC(CCl)(CCl)c2ccccc2Cl)c(Cl)c1. The molecule has 2 aromatic carbocycles. The van der Waals surface area contributed by atoms with Gasteiger partial charge in [-0.25, -0.2) is 0 Å². The minimum absolute atomic E-state index is 0.379. The molecule has 0 atom stereocenters. The lowest BCUT2D eigenvalue weighted by Crippen LogP contribution is -2.33. The second-order valence-electron chi connectivity index (χ2n) is 5.30. The number of halogens is 4. The van der Waals surface area contributed by atoms with Crippen LogP contribution in [0.25, 0.3) is 0 Å². The molecule has 0 bridgehead atoms. The molecule has 0 radical (unpaired) electrons. The molecule has 0 amide bonds. The Hall–Kier alpha value is -0.400. The van der Waals surface area contributed by atoms with Crippen molar-refractivity contribution in [1.29, 1.82) is 0 Å². The molecular weight excluding hydrogens is 346 g/mol. The first kappa shape index (κ1) is 17.0. The number of hydrogen-bond donors (Lipinski definition) is 0. The summed E-state index contributed by atoms with van der Waals surface area (Å²) in [5, 5.41) is 1.42. The zero-order valence-electron chi connectivity index (χ0n) is 11.7. The molecule has 0 unspecified atom stereocenters. The summed E-state index contributed by atoms with van der Waals surface area (Å²) in [5.74, 6) is 0.759. The molecule has 0 aliphatic carbocycles. The van der Waals surface area contributed by atoms with E-state index < -0.39 is 5.41 Å². The normalized spacial score (nSPS) is 11.7.